The number of rotatable bonds is 7. The van der Waals surface area contributed by atoms with Crippen LogP contribution in [0.4, 0.5) is 14.5 Å². The molecule has 3 aromatic rings. The molecule has 6 heteroatoms. The van der Waals surface area contributed by atoms with E-state index in [1.807, 2.05) is 0 Å². The third kappa shape index (κ3) is 5.18. The van der Waals surface area contributed by atoms with Gasteiger partial charge in [0.15, 0.2) is 5.78 Å². The van der Waals surface area contributed by atoms with Gasteiger partial charge in [-0.3, -0.25) is 4.79 Å². The molecule has 3 nitrogen and oxygen atoms in total. The lowest BCUT2D eigenvalue weighted by Gasteiger charge is -2.09. The highest BCUT2D eigenvalue weighted by Crippen LogP contribution is 2.22. The van der Waals surface area contributed by atoms with Crippen LogP contribution in [0.15, 0.2) is 79.0 Å². The highest BCUT2D eigenvalue weighted by atomic mass is 35.5. The molecule has 0 aliphatic rings. The summed E-state index contributed by atoms with van der Waals surface area (Å²) in [6.07, 6.45) is 2.83. The van der Waals surface area contributed by atoms with Crippen LogP contribution in [-0.2, 0) is 6.61 Å². The molecule has 0 atom stereocenters. The van der Waals surface area contributed by atoms with Gasteiger partial charge in [-0.1, -0.05) is 29.8 Å². The van der Waals surface area contributed by atoms with Gasteiger partial charge in [0.25, 0.3) is 0 Å². The average molecular weight is 400 g/mol. The van der Waals surface area contributed by atoms with Gasteiger partial charge in [-0.2, -0.15) is 0 Å². The molecule has 3 aromatic carbocycles. The summed E-state index contributed by atoms with van der Waals surface area (Å²) in [7, 11) is 0. The normalized spacial score (nSPS) is 10.8. The molecule has 28 heavy (non-hydrogen) atoms. The molecule has 0 bridgehead atoms. The van der Waals surface area contributed by atoms with Crippen LogP contribution in [0, 0.1) is 11.6 Å². The van der Waals surface area contributed by atoms with Crippen LogP contribution in [0.25, 0.3) is 0 Å². The third-order valence-corrected chi connectivity index (χ3v) is 4.25. The quantitative estimate of drug-likeness (QED) is 0.391. The fourth-order valence-electron chi connectivity index (χ4n) is 2.42. The van der Waals surface area contributed by atoms with Crippen LogP contribution in [-0.4, -0.2) is 5.78 Å². The Hall–Kier alpha value is -3.18. The third-order valence-electron chi connectivity index (χ3n) is 3.89. The van der Waals surface area contributed by atoms with Crippen molar-refractivity contribution in [3.8, 4) is 5.75 Å². The Balaban J connectivity index is 1.62. The molecule has 3 rings (SSSR count). The minimum absolute atomic E-state index is 0.0505. The second-order valence-electron chi connectivity index (χ2n) is 5.87. The van der Waals surface area contributed by atoms with E-state index in [1.54, 1.807) is 42.5 Å². The molecule has 0 amide bonds. The number of carbonyl (C=O) groups excluding carboxylic acids is 1. The Morgan fingerprint density at radius 2 is 1.79 bits per heavy atom. The van der Waals surface area contributed by atoms with Gasteiger partial charge in [-0.15, -0.1) is 0 Å². The number of benzene rings is 3. The maximum absolute atomic E-state index is 13.8. The molecule has 0 spiro atoms. The van der Waals surface area contributed by atoms with Crippen molar-refractivity contribution in [3.05, 3.63) is 107 Å². The van der Waals surface area contributed by atoms with Gasteiger partial charge in [0, 0.05) is 29.1 Å². The first kappa shape index (κ1) is 19.6. The Bertz CT molecular complexity index is 983. The number of nitrogens with one attached hydrogen (secondary N) is 1. The first-order valence-electron chi connectivity index (χ1n) is 8.41. The van der Waals surface area contributed by atoms with Crippen LogP contribution in [0.2, 0.25) is 5.02 Å². The van der Waals surface area contributed by atoms with Gasteiger partial charge in [-0.25, -0.2) is 8.78 Å². The van der Waals surface area contributed by atoms with Crippen LogP contribution in [0.3, 0.4) is 0 Å². The molecular weight excluding hydrogens is 384 g/mol. The molecule has 1 N–H and O–H groups in total. The lowest BCUT2D eigenvalue weighted by molar-refractivity contribution is 0.104. The highest BCUT2D eigenvalue weighted by Gasteiger charge is 2.09. The van der Waals surface area contributed by atoms with Gasteiger partial charge >= 0.3 is 0 Å². The van der Waals surface area contributed by atoms with E-state index in [0.29, 0.717) is 17.0 Å². The van der Waals surface area contributed by atoms with Crippen LogP contribution < -0.4 is 10.1 Å². The smallest absolute Gasteiger partial charge is 0.187 e. The molecule has 0 aromatic heterocycles. The molecule has 142 valence electrons. The number of allylic oxidation sites excluding steroid dienone is 1. The predicted octanol–water partition coefficient (Wildman–Crippen LogP) is 6.01. The van der Waals surface area contributed by atoms with Gasteiger partial charge in [-0.05, 0) is 48.5 Å². The second-order valence-corrected chi connectivity index (χ2v) is 6.27. The van der Waals surface area contributed by atoms with E-state index in [-0.39, 0.29) is 28.8 Å². The maximum Gasteiger partial charge on any atom is 0.187 e. The monoisotopic (exact) mass is 399 g/mol. The zero-order valence-corrected chi connectivity index (χ0v) is 15.4. The number of hydrogen-bond acceptors (Lipinski definition) is 3. The fraction of sp³-hybridized carbons (Fsp3) is 0.0455. The van der Waals surface area contributed by atoms with Gasteiger partial charge in [0.05, 0.1) is 5.02 Å². The summed E-state index contributed by atoms with van der Waals surface area (Å²) < 4.78 is 32.3. The highest BCUT2D eigenvalue weighted by molar-refractivity contribution is 6.31. The Morgan fingerprint density at radius 1 is 1.04 bits per heavy atom. The molecule has 0 saturated heterocycles. The zero-order valence-electron chi connectivity index (χ0n) is 14.7. The van der Waals surface area contributed by atoms with Crippen LogP contribution >= 0.6 is 11.6 Å². The Kier molecular flexibility index (Phi) is 6.40. The number of carbonyl (C=O) groups is 1. The number of ketones is 1. The SMILES string of the molecule is O=C(/C=C/Nc1ccc(F)cc1)c1cccc(OCc2c(F)cccc2Cl)c1. The lowest BCUT2D eigenvalue weighted by Crippen LogP contribution is -2.01. The minimum atomic E-state index is -0.450. The first-order chi connectivity index (χ1) is 13.5. The van der Waals surface area contributed by atoms with E-state index in [0.717, 1.165) is 0 Å². The summed E-state index contributed by atoms with van der Waals surface area (Å²) >= 11 is 5.98. The molecule has 0 radical (unpaired) electrons. The van der Waals surface area contributed by atoms with Gasteiger partial charge in [0.1, 0.15) is 24.0 Å². The summed E-state index contributed by atoms with van der Waals surface area (Å²) in [5.74, 6) is -0.609. The zero-order chi connectivity index (χ0) is 19.9. The van der Waals surface area contributed by atoms with Crippen LogP contribution in [0.5, 0.6) is 5.75 Å². The molecule has 0 unspecified atom stereocenters. The van der Waals surface area contributed by atoms with Crippen LogP contribution in [0.1, 0.15) is 15.9 Å². The van der Waals surface area contributed by atoms with E-state index in [2.05, 4.69) is 5.32 Å². The topological polar surface area (TPSA) is 38.3 Å². The molecular formula is C22H16ClF2NO2. The molecule has 0 fully saturated rings. The number of anilines is 1. The van der Waals surface area contributed by atoms with E-state index >= 15 is 0 Å². The standard InChI is InChI=1S/C22H16ClF2NO2/c23-20-5-2-6-21(25)19(20)14-28-18-4-1-3-15(13-18)22(27)11-12-26-17-9-7-16(24)8-10-17/h1-13,26H,14H2/b12-11+. The molecule has 0 aliphatic carbocycles. The maximum atomic E-state index is 13.8. The second kappa shape index (κ2) is 9.15. The number of hydrogen-bond donors (Lipinski definition) is 1. The minimum Gasteiger partial charge on any atom is -0.489 e. The van der Waals surface area contributed by atoms with Crippen molar-refractivity contribution in [3.63, 3.8) is 0 Å². The van der Waals surface area contributed by atoms with Crippen molar-refractivity contribution in [2.24, 2.45) is 0 Å². The summed E-state index contributed by atoms with van der Waals surface area (Å²) in [6.45, 7) is -0.0505. The molecule has 0 saturated carbocycles. The largest absolute Gasteiger partial charge is 0.489 e. The molecule has 0 aliphatic heterocycles. The van der Waals surface area contributed by atoms with Crippen molar-refractivity contribution in [2.75, 3.05) is 5.32 Å². The summed E-state index contributed by atoms with van der Waals surface area (Å²) in [5, 5.41) is 3.17. The lowest BCUT2D eigenvalue weighted by atomic mass is 10.1. The molecule has 0 heterocycles. The van der Waals surface area contributed by atoms with Gasteiger partial charge in [0.2, 0.25) is 0 Å². The Labute approximate surface area is 166 Å². The van der Waals surface area contributed by atoms with E-state index in [4.69, 9.17) is 16.3 Å². The van der Waals surface area contributed by atoms with E-state index in [9.17, 15) is 13.6 Å². The fourth-order valence-corrected chi connectivity index (χ4v) is 2.64. The average Bonchev–Trinajstić information content (AvgIpc) is 2.69. The first-order valence-corrected chi connectivity index (χ1v) is 8.79. The van der Waals surface area contributed by atoms with Crippen molar-refractivity contribution < 1.29 is 18.3 Å². The van der Waals surface area contributed by atoms with E-state index in [1.165, 1.54) is 36.5 Å². The summed E-state index contributed by atoms with van der Waals surface area (Å²) in [6, 6.07) is 16.7. The summed E-state index contributed by atoms with van der Waals surface area (Å²) in [5.41, 5.74) is 1.32. The van der Waals surface area contributed by atoms with Crippen molar-refractivity contribution in [1.82, 2.24) is 0 Å². The van der Waals surface area contributed by atoms with E-state index < -0.39 is 5.82 Å². The number of ether oxygens (including phenoxy) is 1. The number of halogens is 3. The van der Waals surface area contributed by atoms with Crippen molar-refractivity contribution in [1.29, 1.82) is 0 Å². The van der Waals surface area contributed by atoms with Crippen molar-refractivity contribution >= 4 is 23.1 Å². The predicted molar refractivity (Wildman–Crippen MR) is 106 cm³/mol. The van der Waals surface area contributed by atoms with Crippen molar-refractivity contribution in [2.45, 2.75) is 6.61 Å². The van der Waals surface area contributed by atoms with Gasteiger partial charge < -0.3 is 10.1 Å². The summed E-state index contributed by atoms with van der Waals surface area (Å²) in [4.78, 5) is 12.3. The Morgan fingerprint density at radius 3 is 2.54 bits per heavy atom.